The van der Waals surface area contributed by atoms with Crippen molar-refractivity contribution < 1.29 is 9.53 Å². The molecule has 0 fully saturated rings. The number of fused-ring (bicyclic) bond motifs is 1. The van der Waals surface area contributed by atoms with Gasteiger partial charge in [0.1, 0.15) is 6.10 Å². The molecule has 0 saturated carbocycles. The highest BCUT2D eigenvalue weighted by Crippen LogP contribution is 2.46. The molecule has 166 valence electrons. The molecular weight excluding hydrogens is 406 g/mol. The SMILES string of the molecule is C=C/C=C(\C=C)N/C(C=C)=C/C=C/C=C1/C2=C(CCC=C2)C(OC(=O)C=C)c2ccccc21. The van der Waals surface area contributed by atoms with Crippen LogP contribution >= 0.6 is 0 Å². The van der Waals surface area contributed by atoms with Gasteiger partial charge in [0.2, 0.25) is 0 Å². The van der Waals surface area contributed by atoms with Gasteiger partial charge in [-0.15, -0.1) is 0 Å². The molecule has 1 N–H and O–H groups in total. The Bertz CT molecular complexity index is 1150. The van der Waals surface area contributed by atoms with Crippen LogP contribution in [0.5, 0.6) is 0 Å². The average molecular weight is 436 g/mol. The fourth-order valence-electron chi connectivity index (χ4n) is 3.93. The van der Waals surface area contributed by atoms with Crippen LogP contribution in [0.25, 0.3) is 5.57 Å². The van der Waals surface area contributed by atoms with Crippen LogP contribution in [0.2, 0.25) is 0 Å². The first-order chi connectivity index (χ1) is 16.1. The van der Waals surface area contributed by atoms with Crippen LogP contribution in [0.3, 0.4) is 0 Å². The summed E-state index contributed by atoms with van der Waals surface area (Å²) in [6, 6.07) is 8.07. The summed E-state index contributed by atoms with van der Waals surface area (Å²) in [5.41, 5.74) is 7.08. The fraction of sp³-hybridized carbons (Fsp3) is 0.100. The van der Waals surface area contributed by atoms with Crippen LogP contribution in [0, 0.1) is 0 Å². The van der Waals surface area contributed by atoms with Crippen molar-refractivity contribution in [1.82, 2.24) is 5.32 Å². The lowest BCUT2D eigenvalue weighted by Gasteiger charge is -2.32. The number of hydrogen-bond acceptors (Lipinski definition) is 3. The van der Waals surface area contributed by atoms with Gasteiger partial charge in [-0.2, -0.15) is 0 Å². The normalized spacial score (nSPS) is 19.0. The van der Waals surface area contributed by atoms with Gasteiger partial charge in [0.15, 0.2) is 0 Å². The van der Waals surface area contributed by atoms with E-state index < -0.39 is 12.1 Å². The molecule has 33 heavy (non-hydrogen) atoms. The molecule has 0 radical (unpaired) electrons. The summed E-state index contributed by atoms with van der Waals surface area (Å²) in [5, 5.41) is 3.25. The van der Waals surface area contributed by atoms with Crippen molar-refractivity contribution in [2.75, 3.05) is 0 Å². The van der Waals surface area contributed by atoms with E-state index in [1.165, 1.54) is 6.08 Å². The number of carbonyl (C=O) groups excluding carboxylic acids is 1. The van der Waals surface area contributed by atoms with E-state index in [-0.39, 0.29) is 0 Å². The van der Waals surface area contributed by atoms with E-state index in [2.05, 4.69) is 55.9 Å². The van der Waals surface area contributed by atoms with Crippen molar-refractivity contribution >= 4 is 11.5 Å². The Morgan fingerprint density at radius 1 is 1.00 bits per heavy atom. The first-order valence-electron chi connectivity index (χ1n) is 10.9. The predicted octanol–water partition coefficient (Wildman–Crippen LogP) is 6.97. The Morgan fingerprint density at radius 2 is 1.76 bits per heavy atom. The number of allylic oxidation sites excluding steroid dienone is 12. The maximum Gasteiger partial charge on any atom is 0.331 e. The maximum atomic E-state index is 12.0. The zero-order chi connectivity index (χ0) is 23.6. The number of carbonyl (C=O) groups is 1. The van der Waals surface area contributed by atoms with E-state index in [0.29, 0.717) is 0 Å². The monoisotopic (exact) mass is 435 g/mol. The lowest BCUT2D eigenvalue weighted by Crippen LogP contribution is -2.20. The summed E-state index contributed by atoms with van der Waals surface area (Å²) in [6.45, 7) is 14.9. The summed E-state index contributed by atoms with van der Waals surface area (Å²) in [6.07, 6.45) is 21.9. The van der Waals surface area contributed by atoms with Crippen LogP contribution in [0.4, 0.5) is 0 Å². The minimum atomic E-state index is -0.414. The Kier molecular flexibility index (Phi) is 8.20. The summed E-state index contributed by atoms with van der Waals surface area (Å²) >= 11 is 0. The molecule has 2 aliphatic rings. The van der Waals surface area contributed by atoms with E-state index in [1.54, 1.807) is 18.2 Å². The van der Waals surface area contributed by atoms with Gasteiger partial charge < -0.3 is 10.1 Å². The van der Waals surface area contributed by atoms with Crippen molar-refractivity contribution in [3.05, 3.63) is 151 Å². The average Bonchev–Trinajstić information content (AvgIpc) is 2.86. The fourth-order valence-corrected chi connectivity index (χ4v) is 3.93. The molecule has 0 saturated heterocycles. The van der Waals surface area contributed by atoms with Crippen LogP contribution in [0.15, 0.2) is 140 Å². The largest absolute Gasteiger partial charge is 0.450 e. The van der Waals surface area contributed by atoms with E-state index in [0.717, 1.165) is 52.1 Å². The van der Waals surface area contributed by atoms with Crippen molar-refractivity contribution in [2.45, 2.75) is 18.9 Å². The zero-order valence-corrected chi connectivity index (χ0v) is 18.8. The molecule has 2 aliphatic carbocycles. The second kappa shape index (κ2) is 11.5. The Balaban J connectivity index is 1.98. The highest BCUT2D eigenvalue weighted by atomic mass is 16.5. The summed E-state index contributed by atoms with van der Waals surface area (Å²) in [4.78, 5) is 12.0. The lowest BCUT2D eigenvalue weighted by atomic mass is 9.76. The number of nitrogens with one attached hydrogen (secondary N) is 1. The molecule has 3 nitrogen and oxygen atoms in total. The van der Waals surface area contributed by atoms with Gasteiger partial charge in [0.25, 0.3) is 0 Å². The van der Waals surface area contributed by atoms with Crippen LogP contribution in [-0.2, 0) is 9.53 Å². The zero-order valence-electron chi connectivity index (χ0n) is 18.8. The topological polar surface area (TPSA) is 38.3 Å². The van der Waals surface area contributed by atoms with Crippen LogP contribution in [0.1, 0.15) is 30.1 Å². The molecule has 1 aromatic rings. The standard InChI is InChI=1S/C30H29NO2/c1-5-15-22(6-2)31-23(7-3)16-9-10-17-24-25-18-11-13-20-27(25)30(33-29(32)8-4)28-21-14-12-19-26(24)28/h5-13,15-20,30-31H,1-4,14,21H2/b10-9+,22-15+,23-16+,24-17+. The summed E-state index contributed by atoms with van der Waals surface area (Å²) in [7, 11) is 0. The van der Waals surface area contributed by atoms with E-state index in [4.69, 9.17) is 4.74 Å². The van der Waals surface area contributed by atoms with Gasteiger partial charge in [0, 0.05) is 23.0 Å². The molecule has 1 aromatic carbocycles. The number of hydrogen-bond donors (Lipinski definition) is 1. The molecule has 3 heteroatoms. The first kappa shape index (κ1) is 23.6. The highest BCUT2D eigenvalue weighted by molar-refractivity contribution is 5.89. The quantitative estimate of drug-likeness (QED) is 0.258. The van der Waals surface area contributed by atoms with Crippen molar-refractivity contribution in [1.29, 1.82) is 0 Å². The maximum absolute atomic E-state index is 12.0. The van der Waals surface area contributed by atoms with Crippen molar-refractivity contribution in [3.63, 3.8) is 0 Å². The Hall–Kier alpha value is -4.11. The third kappa shape index (κ3) is 5.58. The van der Waals surface area contributed by atoms with Gasteiger partial charge in [-0.05, 0) is 59.4 Å². The molecule has 0 amide bonds. The number of ether oxygens (including phenoxy) is 1. The van der Waals surface area contributed by atoms with Gasteiger partial charge in [-0.3, -0.25) is 0 Å². The molecule has 0 bridgehead atoms. The van der Waals surface area contributed by atoms with Crippen LogP contribution < -0.4 is 5.32 Å². The molecule has 0 heterocycles. The smallest absolute Gasteiger partial charge is 0.331 e. The third-order valence-electron chi connectivity index (χ3n) is 5.43. The Morgan fingerprint density at radius 3 is 2.48 bits per heavy atom. The van der Waals surface area contributed by atoms with Gasteiger partial charge in [-0.1, -0.05) is 87.0 Å². The van der Waals surface area contributed by atoms with Crippen LogP contribution in [-0.4, -0.2) is 5.97 Å². The lowest BCUT2D eigenvalue weighted by molar-refractivity contribution is -0.141. The van der Waals surface area contributed by atoms with Crippen molar-refractivity contribution in [3.8, 4) is 0 Å². The molecule has 1 atom stereocenters. The molecule has 3 rings (SSSR count). The Labute approximate surface area is 196 Å². The first-order valence-corrected chi connectivity index (χ1v) is 10.9. The van der Waals surface area contributed by atoms with Crippen molar-refractivity contribution in [2.24, 2.45) is 0 Å². The predicted molar refractivity (Wildman–Crippen MR) is 138 cm³/mol. The van der Waals surface area contributed by atoms with E-state index >= 15 is 0 Å². The third-order valence-corrected chi connectivity index (χ3v) is 5.43. The van der Waals surface area contributed by atoms with E-state index in [1.807, 2.05) is 42.5 Å². The number of benzene rings is 1. The molecule has 1 unspecified atom stereocenters. The number of esters is 1. The molecule has 0 spiro atoms. The second-order valence-electron chi connectivity index (χ2n) is 7.47. The molecule has 0 aromatic heterocycles. The van der Waals surface area contributed by atoms with Gasteiger partial charge in [0.05, 0.1) is 0 Å². The molecule has 0 aliphatic heterocycles. The summed E-state index contributed by atoms with van der Waals surface area (Å²) < 4.78 is 5.78. The minimum Gasteiger partial charge on any atom is -0.450 e. The number of rotatable bonds is 9. The van der Waals surface area contributed by atoms with E-state index in [9.17, 15) is 4.79 Å². The van der Waals surface area contributed by atoms with Gasteiger partial charge in [-0.25, -0.2) is 4.79 Å². The minimum absolute atomic E-state index is 0.391. The molecular formula is C30H29NO2. The highest BCUT2D eigenvalue weighted by Gasteiger charge is 2.32. The summed E-state index contributed by atoms with van der Waals surface area (Å²) in [5.74, 6) is -0.414. The second-order valence-corrected chi connectivity index (χ2v) is 7.47. The van der Waals surface area contributed by atoms with Gasteiger partial charge >= 0.3 is 5.97 Å².